The van der Waals surface area contributed by atoms with E-state index in [0.717, 1.165) is 11.3 Å². The molecule has 1 aromatic carbocycles. The van der Waals surface area contributed by atoms with Gasteiger partial charge in [0.05, 0.1) is 18.4 Å². The zero-order chi connectivity index (χ0) is 13.1. The second kappa shape index (κ2) is 5.45. The topological polar surface area (TPSA) is 44.1 Å². The number of rotatable bonds is 3. The molecule has 0 aromatic heterocycles. The van der Waals surface area contributed by atoms with Crippen molar-refractivity contribution in [2.45, 2.75) is 30.2 Å². The molecule has 1 aliphatic heterocycles. The zero-order valence-electron chi connectivity index (χ0n) is 10.6. The first-order valence-corrected chi connectivity index (χ1v) is 6.99. The first-order chi connectivity index (χ1) is 8.65. The molecule has 2 unspecified atom stereocenters. The second-order valence-electron chi connectivity index (χ2n) is 4.56. The van der Waals surface area contributed by atoms with Crippen molar-refractivity contribution in [3.8, 4) is 6.07 Å². The van der Waals surface area contributed by atoms with Crippen molar-refractivity contribution >= 4 is 17.7 Å². The van der Waals surface area contributed by atoms with Crippen molar-refractivity contribution in [3.05, 3.63) is 29.8 Å². The van der Waals surface area contributed by atoms with E-state index in [1.54, 1.807) is 23.7 Å². The van der Waals surface area contributed by atoms with Gasteiger partial charge in [0, 0.05) is 23.7 Å². The monoisotopic (exact) mass is 260 g/mol. The standard InChI is InChI=1S/C14H16N2OS/c1-10(7-8-15)16(2)14(17)12-9-18-13-6-4-3-5-11(12)13/h3-6,10,12H,7,9H2,1-2H3. The van der Waals surface area contributed by atoms with Gasteiger partial charge in [-0.2, -0.15) is 5.26 Å². The van der Waals surface area contributed by atoms with Crippen LogP contribution in [0, 0.1) is 11.3 Å². The van der Waals surface area contributed by atoms with Gasteiger partial charge < -0.3 is 4.90 Å². The number of nitriles is 1. The fourth-order valence-corrected chi connectivity index (χ4v) is 3.32. The molecule has 0 N–H and O–H groups in total. The summed E-state index contributed by atoms with van der Waals surface area (Å²) in [6, 6.07) is 10.2. The first kappa shape index (κ1) is 13.0. The molecule has 0 radical (unpaired) electrons. The summed E-state index contributed by atoms with van der Waals surface area (Å²) in [7, 11) is 1.79. The molecule has 0 fully saturated rings. The largest absolute Gasteiger partial charge is 0.341 e. The summed E-state index contributed by atoms with van der Waals surface area (Å²) in [5, 5.41) is 8.70. The fraction of sp³-hybridized carbons (Fsp3) is 0.429. The zero-order valence-corrected chi connectivity index (χ0v) is 11.4. The smallest absolute Gasteiger partial charge is 0.231 e. The van der Waals surface area contributed by atoms with Crippen molar-refractivity contribution in [2.75, 3.05) is 12.8 Å². The van der Waals surface area contributed by atoms with Crippen LogP contribution in [0.1, 0.15) is 24.8 Å². The normalized spacial score (nSPS) is 18.8. The van der Waals surface area contributed by atoms with Crippen molar-refractivity contribution in [2.24, 2.45) is 0 Å². The molecule has 1 heterocycles. The first-order valence-electron chi connectivity index (χ1n) is 6.00. The summed E-state index contributed by atoms with van der Waals surface area (Å²) in [4.78, 5) is 15.3. The number of fused-ring (bicyclic) bond motifs is 1. The Kier molecular flexibility index (Phi) is 3.93. The minimum atomic E-state index is -0.0580. The van der Waals surface area contributed by atoms with E-state index in [4.69, 9.17) is 5.26 Å². The van der Waals surface area contributed by atoms with Crippen LogP contribution in [0.2, 0.25) is 0 Å². The Balaban J connectivity index is 2.14. The van der Waals surface area contributed by atoms with Gasteiger partial charge >= 0.3 is 0 Å². The highest BCUT2D eigenvalue weighted by atomic mass is 32.2. The van der Waals surface area contributed by atoms with E-state index < -0.39 is 0 Å². The highest BCUT2D eigenvalue weighted by Gasteiger charge is 2.32. The molecule has 1 amide bonds. The minimum Gasteiger partial charge on any atom is -0.341 e. The van der Waals surface area contributed by atoms with Gasteiger partial charge in [-0.25, -0.2) is 0 Å². The molecule has 1 aliphatic rings. The predicted octanol–water partition coefficient (Wildman–Crippen LogP) is 2.64. The van der Waals surface area contributed by atoms with E-state index in [1.807, 2.05) is 25.1 Å². The average Bonchev–Trinajstić information content (AvgIpc) is 2.81. The highest BCUT2D eigenvalue weighted by molar-refractivity contribution is 7.99. The van der Waals surface area contributed by atoms with E-state index in [0.29, 0.717) is 6.42 Å². The molecule has 1 aromatic rings. The summed E-state index contributed by atoms with van der Waals surface area (Å²) in [5.74, 6) is 0.870. The third-order valence-electron chi connectivity index (χ3n) is 3.39. The summed E-state index contributed by atoms with van der Waals surface area (Å²) in [6.07, 6.45) is 0.379. The molecule has 2 atom stereocenters. The Labute approximate surface area is 112 Å². The van der Waals surface area contributed by atoms with Crippen LogP contribution < -0.4 is 0 Å². The number of hydrogen-bond donors (Lipinski definition) is 0. The van der Waals surface area contributed by atoms with Crippen LogP contribution in [0.5, 0.6) is 0 Å². The third-order valence-corrected chi connectivity index (χ3v) is 4.58. The van der Waals surface area contributed by atoms with E-state index in [9.17, 15) is 4.79 Å². The lowest BCUT2D eigenvalue weighted by Crippen LogP contribution is -2.38. The lowest BCUT2D eigenvalue weighted by atomic mass is 9.99. The molecule has 0 bridgehead atoms. The molecule has 0 saturated heterocycles. The van der Waals surface area contributed by atoms with E-state index in [1.165, 1.54) is 4.90 Å². The average molecular weight is 260 g/mol. The molecule has 18 heavy (non-hydrogen) atoms. The molecule has 0 aliphatic carbocycles. The number of amides is 1. The predicted molar refractivity (Wildman–Crippen MR) is 72.4 cm³/mol. The summed E-state index contributed by atoms with van der Waals surface area (Å²) in [6.45, 7) is 1.91. The van der Waals surface area contributed by atoms with Gasteiger partial charge in [-0.1, -0.05) is 18.2 Å². The van der Waals surface area contributed by atoms with E-state index in [-0.39, 0.29) is 17.9 Å². The Hall–Kier alpha value is -1.47. The maximum atomic E-state index is 12.4. The van der Waals surface area contributed by atoms with Gasteiger partial charge in [0.25, 0.3) is 0 Å². The Morgan fingerprint density at radius 2 is 2.33 bits per heavy atom. The van der Waals surface area contributed by atoms with Crippen molar-refractivity contribution in [3.63, 3.8) is 0 Å². The van der Waals surface area contributed by atoms with Gasteiger partial charge in [-0.3, -0.25) is 4.79 Å². The Morgan fingerprint density at radius 3 is 3.06 bits per heavy atom. The van der Waals surface area contributed by atoms with Gasteiger partial charge in [0.15, 0.2) is 0 Å². The van der Waals surface area contributed by atoms with Crippen LogP contribution in [0.3, 0.4) is 0 Å². The van der Waals surface area contributed by atoms with Gasteiger partial charge in [-0.05, 0) is 18.6 Å². The van der Waals surface area contributed by atoms with Gasteiger partial charge in [-0.15, -0.1) is 11.8 Å². The summed E-state index contributed by atoms with van der Waals surface area (Å²) >= 11 is 1.73. The van der Waals surface area contributed by atoms with Gasteiger partial charge in [0.2, 0.25) is 5.91 Å². The lowest BCUT2D eigenvalue weighted by Gasteiger charge is -2.26. The maximum Gasteiger partial charge on any atom is 0.231 e. The quantitative estimate of drug-likeness (QED) is 0.839. The number of thioether (sulfide) groups is 1. The number of carbonyl (C=O) groups is 1. The molecule has 0 spiro atoms. The van der Waals surface area contributed by atoms with Crippen molar-refractivity contribution in [1.29, 1.82) is 5.26 Å². The highest BCUT2D eigenvalue weighted by Crippen LogP contribution is 2.40. The molecule has 4 heteroatoms. The molecular weight excluding hydrogens is 244 g/mol. The second-order valence-corrected chi connectivity index (χ2v) is 5.62. The molecule has 0 saturated carbocycles. The number of likely N-dealkylation sites (N-methyl/N-ethyl adjacent to an activating group) is 1. The van der Waals surface area contributed by atoms with Crippen molar-refractivity contribution in [1.82, 2.24) is 4.90 Å². The number of benzene rings is 1. The van der Waals surface area contributed by atoms with E-state index >= 15 is 0 Å². The molecular formula is C14H16N2OS. The van der Waals surface area contributed by atoms with Crippen LogP contribution in [-0.4, -0.2) is 29.6 Å². The molecule has 94 valence electrons. The minimum absolute atomic E-state index is 0.0275. The lowest BCUT2D eigenvalue weighted by molar-refractivity contribution is -0.132. The van der Waals surface area contributed by atoms with Crippen LogP contribution in [0.4, 0.5) is 0 Å². The van der Waals surface area contributed by atoms with Crippen LogP contribution in [-0.2, 0) is 4.79 Å². The number of carbonyl (C=O) groups excluding carboxylic acids is 1. The summed E-state index contributed by atoms with van der Waals surface area (Å²) < 4.78 is 0. The molecule has 3 nitrogen and oxygen atoms in total. The number of hydrogen-bond acceptors (Lipinski definition) is 3. The van der Waals surface area contributed by atoms with Crippen molar-refractivity contribution < 1.29 is 4.79 Å². The third kappa shape index (κ3) is 2.37. The van der Waals surface area contributed by atoms with E-state index in [2.05, 4.69) is 12.1 Å². The maximum absolute atomic E-state index is 12.4. The SMILES string of the molecule is CC(CC#N)N(C)C(=O)C1CSc2ccccc21. The van der Waals surface area contributed by atoms with Crippen LogP contribution >= 0.6 is 11.8 Å². The number of nitrogens with zero attached hydrogens (tertiary/aromatic N) is 2. The molecule has 2 rings (SSSR count). The fourth-order valence-electron chi connectivity index (χ4n) is 2.10. The van der Waals surface area contributed by atoms with Gasteiger partial charge in [0.1, 0.15) is 0 Å². The Bertz CT molecular complexity index is 495. The summed E-state index contributed by atoms with van der Waals surface area (Å²) in [5.41, 5.74) is 1.13. The Morgan fingerprint density at radius 1 is 1.61 bits per heavy atom. The van der Waals surface area contributed by atoms with Crippen LogP contribution in [0.15, 0.2) is 29.2 Å². The van der Waals surface area contributed by atoms with Crippen LogP contribution in [0.25, 0.3) is 0 Å².